The van der Waals surface area contributed by atoms with Crippen molar-refractivity contribution in [2.24, 2.45) is 4.99 Å². The molecule has 0 aromatic heterocycles. The number of benzene rings is 1. The molecule has 0 N–H and O–H groups in total. The van der Waals surface area contributed by atoms with E-state index in [1.807, 2.05) is 35.1 Å². The van der Waals surface area contributed by atoms with Gasteiger partial charge >= 0.3 is 6.03 Å². The molecule has 1 fully saturated rings. The topological polar surface area (TPSA) is 76.5 Å². The SMILES string of the molecule is CC(=O)C(C)N1C(=O)C2C(N=C3N(c4cccc(C)c4C)C(C)=CN32)N(C)C1=O. The number of anilines is 1. The molecule has 3 unspecified atom stereocenters. The molecule has 0 spiro atoms. The van der Waals surface area contributed by atoms with Gasteiger partial charge in [-0.3, -0.25) is 19.4 Å². The smallest absolute Gasteiger partial charge is 0.302 e. The number of ketones is 1. The lowest BCUT2D eigenvalue weighted by molar-refractivity contribution is -0.142. The Bertz CT molecular complexity index is 998. The first-order valence-corrected chi connectivity index (χ1v) is 9.66. The number of rotatable bonds is 3. The van der Waals surface area contributed by atoms with Crippen molar-refractivity contribution >= 4 is 29.4 Å². The van der Waals surface area contributed by atoms with E-state index in [1.54, 1.807) is 14.0 Å². The van der Waals surface area contributed by atoms with E-state index in [-0.39, 0.29) is 5.78 Å². The highest BCUT2D eigenvalue weighted by Crippen LogP contribution is 2.38. The average molecular weight is 395 g/mol. The number of aryl methyl sites for hydroxylation is 1. The van der Waals surface area contributed by atoms with Crippen molar-refractivity contribution in [1.29, 1.82) is 0 Å². The fraction of sp³-hybridized carbons (Fsp3) is 0.429. The largest absolute Gasteiger partial charge is 0.328 e. The van der Waals surface area contributed by atoms with Crippen LogP contribution in [0.15, 0.2) is 35.1 Å². The lowest BCUT2D eigenvalue weighted by Crippen LogP contribution is -2.66. The zero-order valence-corrected chi connectivity index (χ0v) is 17.5. The van der Waals surface area contributed by atoms with Crippen LogP contribution in [0.5, 0.6) is 0 Å². The van der Waals surface area contributed by atoms with Crippen molar-refractivity contribution < 1.29 is 14.4 Å². The molecule has 3 aliphatic heterocycles. The highest BCUT2D eigenvalue weighted by atomic mass is 16.2. The van der Waals surface area contributed by atoms with Crippen LogP contribution in [0.4, 0.5) is 10.5 Å². The van der Waals surface area contributed by atoms with Gasteiger partial charge in [0, 0.05) is 18.9 Å². The molecule has 3 aliphatic rings. The number of amides is 3. The van der Waals surface area contributed by atoms with E-state index in [0.717, 1.165) is 27.4 Å². The molecular weight excluding hydrogens is 370 g/mol. The minimum absolute atomic E-state index is 0.233. The third-order valence-corrected chi connectivity index (χ3v) is 6.13. The Balaban J connectivity index is 1.76. The summed E-state index contributed by atoms with van der Waals surface area (Å²) in [5.41, 5.74) is 4.22. The number of imide groups is 1. The van der Waals surface area contributed by atoms with Crippen LogP contribution in [0.2, 0.25) is 0 Å². The molecule has 3 amide bonds. The summed E-state index contributed by atoms with van der Waals surface area (Å²) in [5.74, 6) is -0.00853. The van der Waals surface area contributed by atoms with Gasteiger partial charge in [0.25, 0.3) is 5.91 Å². The molecule has 0 aliphatic carbocycles. The summed E-state index contributed by atoms with van der Waals surface area (Å²) in [6.07, 6.45) is 1.26. The molecule has 4 rings (SSSR count). The molecule has 0 saturated carbocycles. The summed E-state index contributed by atoms with van der Waals surface area (Å²) in [6.45, 7) is 9.04. The molecule has 152 valence electrons. The lowest BCUT2D eigenvalue weighted by atomic mass is 10.1. The minimum Gasteiger partial charge on any atom is -0.302 e. The number of fused-ring (bicyclic) bond motifs is 3. The van der Waals surface area contributed by atoms with Crippen molar-refractivity contribution in [1.82, 2.24) is 14.7 Å². The summed E-state index contributed by atoms with van der Waals surface area (Å²) in [6, 6.07) is 4.08. The zero-order chi connectivity index (χ0) is 21.2. The molecular formula is C21H25N5O3. The summed E-state index contributed by atoms with van der Waals surface area (Å²) in [5, 5.41) is 0. The molecule has 3 atom stereocenters. The summed E-state index contributed by atoms with van der Waals surface area (Å²) in [7, 11) is 1.62. The van der Waals surface area contributed by atoms with E-state index in [4.69, 9.17) is 4.99 Å². The van der Waals surface area contributed by atoms with E-state index < -0.39 is 30.2 Å². The Labute approximate surface area is 170 Å². The molecule has 29 heavy (non-hydrogen) atoms. The van der Waals surface area contributed by atoms with Crippen LogP contribution in [0.3, 0.4) is 0 Å². The second-order valence-electron chi connectivity index (χ2n) is 7.91. The van der Waals surface area contributed by atoms with Gasteiger partial charge in [0.15, 0.2) is 18.0 Å². The van der Waals surface area contributed by atoms with Gasteiger partial charge < -0.3 is 9.80 Å². The van der Waals surface area contributed by atoms with E-state index in [1.165, 1.54) is 11.8 Å². The standard InChI is InChI=1S/C21H25N5O3/c1-11-8-7-9-16(13(11)3)25-12(2)10-24-17-18(22-20(24)25)23(6)21(29)26(19(17)28)14(4)15(5)27/h7-10,14,17-18H,1-6H3. The number of likely N-dealkylation sites (N-methyl/N-ethyl adjacent to an activating group) is 1. The van der Waals surface area contributed by atoms with Gasteiger partial charge in [-0.25, -0.2) is 9.79 Å². The van der Waals surface area contributed by atoms with Gasteiger partial charge in [0.1, 0.15) is 0 Å². The Morgan fingerprint density at radius 2 is 1.86 bits per heavy atom. The number of aliphatic imine (C=N–C) groups is 1. The number of guanidine groups is 1. The lowest BCUT2D eigenvalue weighted by Gasteiger charge is -2.41. The molecule has 8 nitrogen and oxygen atoms in total. The number of allylic oxidation sites excluding steroid dienone is 1. The van der Waals surface area contributed by atoms with Crippen LogP contribution < -0.4 is 4.90 Å². The van der Waals surface area contributed by atoms with Crippen LogP contribution in [0.1, 0.15) is 31.9 Å². The third kappa shape index (κ3) is 2.58. The quantitative estimate of drug-likeness (QED) is 0.784. The monoisotopic (exact) mass is 395 g/mol. The Kier molecular flexibility index (Phi) is 4.25. The Morgan fingerprint density at radius 1 is 1.17 bits per heavy atom. The van der Waals surface area contributed by atoms with Crippen LogP contribution >= 0.6 is 0 Å². The van der Waals surface area contributed by atoms with Crippen LogP contribution in [0.25, 0.3) is 0 Å². The molecule has 1 aromatic carbocycles. The third-order valence-electron chi connectivity index (χ3n) is 6.13. The van der Waals surface area contributed by atoms with E-state index in [2.05, 4.69) is 19.9 Å². The predicted molar refractivity (Wildman–Crippen MR) is 109 cm³/mol. The van der Waals surface area contributed by atoms with Crippen LogP contribution in [-0.2, 0) is 9.59 Å². The molecule has 8 heteroatoms. The maximum atomic E-state index is 13.3. The first-order valence-electron chi connectivity index (χ1n) is 9.66. The highest BCUT2D eigenvalue weighted by Gasteiger charge is 2.55. The number of hydrogen-bond acceptors (Lipinski definition) is 6. The summed E-state index contributed by atoms with van der Waals surface area (Å²) in [4.78, 5) is 49.1. The van der Waals surface area contributed by atoms with Gasteiger partial charge in [-0.15, -0.1) is 0 Å². The van der Waals surface area contributed by atoms with Gasteiger partial charge in [0.05, 0.1) is 11.7 Å². The Hall–Kier alpha value is -3.16. The molecule has 0 radical (unpaired) electrons. The first-order chi connectivity index (χ1) is 13.6. The number of urea groups is 1. The number of carbonyl (C=O) groups excluding carboxylic acids is 3. The average Bonchev–Trinajstić information content (AvgIpc) is 3.17. The normalized spacial score (nSPS) is 24.5. The van der Waals surface area contributed by atoms with Crippen LogP contribution in [-0.4, -0.2) is 63.7 Å². The second-order valence-corrected chi connectivity index (χ2v) is 7.91. The predicted octanol–water partition coefficient (Wildman–Crippen LogP) is 2.22. The van der Waals surface area contributed by atoms with Gasteiger partial charge in [0.2, 0.25) is 5.96 Å². The fourth-order valence-electron chi connectivity index (χ4n) is 4.13. The fourth-order valence-corrected chi connectivity index (χ4v) is 4.13. The minimum atomic E-state index is -0.815. The first kappa shape index (κ1) is 19.2. The van der Waals surface area contributed by atoms with E-state index >= 15 is 0 Å². The second kappa shape index (κ2) is 6.43. The number of Topliss-reactive ketones (excluding diaryl/α,β-unsaturated/α-hetero) is 1. The van der Waals surface area contributed by atoms with E-state index in [0.29, 0.717) is 5.96 Å². The Morgan fingerprint density at radius 3 is 2.52 bits per heavy atom. The maximum absolute atomic E-state index is 13.3. The van der Waals surface area contributed by atoms with Gasteiger partial charge in [-0.2, -0.15) is 0 Å². The number of nitrogens with zero attached hydrogens (tertiary/aromatic N) is 5. The highest BCUT2D eigenvalue weighted by molar-refractivity contribution is 6.11. The number of carbonyl (C=O) groups is 3. The van der Waals surface area contributed by atoms with Crippen molar-refractivity contribution in [2.45, 2.75) is 52.9 Å². The van der Waals surface area contributed by atoms with Crippen molar-refractivity contribution in [3.05, 3.63) is 41.2 Å². The molecule has 1 saturated heterocycles. The summed E-state index contributed by atoms with van der Waals surface area (Å²) < 4.78 is 0. The number of hydrogen-bond donors (Lipinski definition) is 0. The van der Waals surface area contributed by atoms with Crippen molar-refractivity contribution in [3.63, 3.8) is 0 Å². The molecule has 1 aromatic rings. The molecule has 3 heterocycles. The summed E-state index contributed by atoms with van der Waals surface area (Å²) >= 11 is 0. The van der Waals surface area contributed by atoms with Gasteiger partial charge in [-0.05, 0) is 51.8 Å². The van der Waals surface area contributed by atoms with Crippen molar-refractivity contribution in [2.75, 3.05) is 11.9 Å². The molecule has 0 bridgehead atoms. The van der Waals surface area contributed by atoms with E-state index in [9.17, 15) is 14.4 Å². The van der Waals surface area contributed by atoms with Gasteiger partial charge in [-0.1, -0.05) is 12.1 Å². The van der Waals surface area contributed by atoms with Crippen LogP contribution in [0, 0.1) is 13.8 Å². The zero-order valence-electron chi connectivity index (χ0n) is 17.5. The maximum Gasteiger partial charge on any atom is 0.328 e. The van der Waals surface area contributed by atoms with Crippen molar-refractivity contribution in [3.8, 4) is 0 Å².